The second-order valence-corrected chi connectivity index (χ2v) is 5.83. The smallest absolute Gasteiger partial charge is 0.00882 e. The van der Waals surface area contributed by atoms with E-state index in [1.807, 2.05) is 67.6 Å². The molecule has 0 radical (unpaired) electrons. The molecule has 130 valence electrons. The fraction of sp³-hybridized carbons (Fsp3) is 0.0769. The van der Waals surface area contributed by atoms with Crippen LogP contribution in [0.5, 0.6) is 0 Å². The summed E-state index contributed by atoms with van der Waals surface area (Å²) in [5.74, 6) is 0. The van der Waals surface area contributed by atoms with Crippen LogP contribution in [0.4, 0.5) is 0 Å². The van der Waals surface area contributed by atoms with Gasteiger partial charge in [0.15, 0.2) is 0 Å². The third-order valence-electron chi connectivity index (χ3n) is 3.88. The summed E-state index contributed by atoms with van der Waals surface area (Å²) < 4.78 is 0. The summed E-state index contributed by atoms with van der Waals surface area (Å²) >= 11 is 0. The molecule has 3 aromatic carbocycles. The Morgan fingerprint density at radius 3 is 1.85 bits per heavy atom. The zero-order valence-corrected chi connectivity index (χ0v) is 15.4. The first-order chi connectivity index (χ1) is 12.8. The number of benzene rings is 3. The van der Waals surface area contributed by atoms with E-state index in [4.69, 9.17) is 0 Å². The zero-order valence-electron chi connectivity index (χ0n) is 15.4. The van der Waals surface area contributed by atoms with Crippen LogP contribution in [0.1, 0.15) is 29.2 Å². The van der Waals surface area contributed by atoms with Crippen molar-refractivity contribution in [2.75, 3.05) is 0 Å². The predicted octanol–water partition coefficient (Wildman–Crippen LogP) is 7.31. The van der Waals surface area contributed by atoms with Crippen molar-refractivity contribution in [3.05, 3.63) is 126 Å². The number of fused-ring (bicyclic) bond motifs is 1. The molecular formula is C26H26. The van der Waals surface area contributed by atoms with E-state index >= 15 is 0 Å². The molecule has 0 spiro atoms. The summed E-state index contributed by atoms with van der Waals surface area (Å²) in [7, 11) is 0. The molecule has 26 heavy (non-hydrogen) atoms. The Morgan fingerprint density at radius 1 is 0.731 bits per heavy atom. The number of rotatable bonds is 2. The van der Waals surface area contributed by atoms with Gasteiger partial charge in [-0.1, -0.05) is 122 Å². The van der Waals surface area contributed by atoms with Crippen LogP contribution in [0.2, 0.25) is 0 Å². The molecule has 0 unspecified atom stereocenters. The Morgan fingerprint density at radius 2 is 1.31 bits per heavy atom. The van der Waals surface area contributed by atoms with Crippen molar-refractivity contribution in [3.8, 4) is 0 Å². The van der Waals surface area contributed by atoms with Crippen LogP contribution in [-0.2, 0) is 6.42 Å². The van der Waals surface area contributed by atoms with Crippen molar-refractivity contribution in [3.63, 3.8) is 0 Å². The first kappa shape index (κ1) is 19.2. The SMILES string of the molecule is C1=Cc2ccccc2C1.C=Cc1ccccc1.CC=Cc1ccccc1. The maximum absolute atomic E-state index is 3.63. The molecule has 0 heterocycles. The summed E-state index contributed by atoms with van der Waals surface area (Å²) in [6.07, 6.45) is 11.4. The molecule has 0 atom stereocenters. The maximum Gasteiger partial charge on any atom is -0.00882 e. The minimum Gasteiger partial charge on any atom is -0.0985 e. The van der Waals surface area contributed by atoms with Gasteiger partial charge in [-0.15, -0.1) is 0 Å². The van der Waals surface area contributed by atoms with E-state index in [0.717, 1.165) is 6.42 Å². The van der Waals surface area contributed by atoms with Gasteiger partial charge in [0.05, 0.1) is 0 Å². The maximum atomic E-state index is 3.63. The van der Waals surface area contributed by atoms with E-state index in [9.17, 15) is 0 Å². The first-order valence-corrected chi connectivity index (χ1v) is 8.93. The molecule has 0 saturated heterocycles. The Balaban J connectivity index is 0.000000141. The molecular weight excluding hydrogens is 312 g/mol. The fourth-order valence-corrected chi connectivity index (χ4v) is 2.54. The molecule has 0 heteroatoms. The monoisotopic (exact) mass is 338 g/mol. The van der Waals surface area contributed by atoms with Crippen LogP contribution in [0.3, 0.4) is 0 Å². The normalized spacial score (nSPS) is 11.0. The van der Waals surface area contributed by atoms with E-state index in [1.54, 1.807) is 0 Å². The first-order valence-electron chi connectivity index (χ1n) is 8.93. The number of hydrogen-bond acceptors (Lipinski definition) is 0. The minimum atomic E-state index is 1.12. The highest BCUT2D eigenvalue weighted by atomic mass is 14.0. The molecule has 0 aliphatic heterocycles. The van der Waals surface area contributed by atoms with Gasteiger partial charge in [-0.3, -0.25) is 0 Å². The molecule has 4 rings (SSSR count). The van der Waals surface area contributed by atoms with Crippen LogP contribution in [-0.4, -0.2) is 0 Å². The summed E-state index contributed by atoms with van der Waals surface area (Å²) in [4.78, 5) is 0. The third kappa shape index (κ3) is 6.78. The third-order valence-corrected chi connectivity index (χ3v) is 3.88. The van der Waals surface area contributed by atoms with Crippen molar-refractivity contribution < 1.29 is 0 Å². The van der Waals surface area contributed by atoms with Gasteiger partial charge in [0.2, 0.25) is 0 Å². The quantitative estimate of drug-likeness (QED) is 0.459. The average Bonchev–Trinajstić information content (AvgIpc) is 3.20. The molecule has 0 bridgehead atoms. The van der Waals surface area contributed by atoms with Gasteiger partial charge in [-0.05, 0) is 35.6 Å². The summed E-state index contributed by atoms with van der Waals surface area (Å²) in [5, 5.41) is 0. The van der Waals surface area contributed by atoms with E-state index in [0.29, 0.717) is 0 Å². The lowest BCUT2D eigenvalue weighted by Crippen LogP contribution is -1.76. The summed E-state index contributed by atoms with van der Waals surface area (Å²) in [5.41, 5.74) is 5.28. The second kappa shape index (κ2) is 11.4. The topological polar surface area (TPSA) is 0 Å². The summed E-state index contributed by atoms with van der Waals surface area (Å²) in [6, 6.07) is 28.8. The predicted molar refractivity (Wildman–Crippen MR) is 117 cm³/mol. The Bertz CT molecular complexity index is 824. The van der Waals surface area contributed by atoms with Crippen LogP contribution in [0.15, 0.2) is 104 Å². The van der Waals surface area contributed by atoms with Crippen molar-refractivity contribution in [1.29, 1.82) is 0 Å². The Hall–Kier alpha value is -3.12. The second-order valence-electron chi connectivity index (χ2n) is 5.83. The van der Waals surface area contributed by atoms with Crippen LogP contribution in [0, 0.1) is 0 Å². The molecule has 1 aliphatic rings. The average molecular weight is 338 g/mol. The molecule has 0 N–H and O–H groups in total. The van der Waals surface area contributed by atoms with Gasteiger partial charge in [-0.2, -0.15) is 0 Å². The van der Waals surface area contributed by atoms with E-state index in [1.165, 1.54) is 22.3 Å². The van der Waals surface area contributed by atoms with E-state index in [2.05, 4.69) is 61.2 Å². The molecule has 1 aliphatic carbocycles. The highest BCUT2D eigenvalue weighted by Gasteiger charge is 2.00. The molecule has 0 amide bonds. The van der Waals surface area contributed by atoms with Gasteiger partial charge in [0.1, 0.15) is 0 Å². The van der Waals surface area contributed by atoms with Gasteiger partial charge in [0.25, 0.3) is 0 Å². The zero-order chi connectivity index (χ0) is 18.5. The Labute approximate surface area is 157 Å². The van der Waals surface area contributed by atoms with Gasteiger partial charge in [0, 0.05) is 0 Å². The minimum absolute atomic E-state index is 1.12. The van der Waals surface area contributed by atoms with E-state index < -0.39 is 0 Å². The largest absolute Gasteiger partial charge is 0.0985 e. The standard InChI is InChI=1S/C9H8.C9H10.C8H8/c1-2-5-9-7-3-6-8(9)4-1;1-2-6-9-7-4-3-5-8-9;1-2-8-6-4-3-5-7-8/h1-6H,7H2;2-8H,1H3;2-7H,1H2. The van der Waals surface area contributed by atoms with Crippen LogP contribution >= 0.6 is 0 Å². The van der Waals surface area contributed by atoms with Gasteiger partial charge >= 0.3 is 0 Å². The van der Waals surface area contributed by atoms with Crippen LogP contribution < -0.4 is 0 Å². The lowest BCUT2D eigenvalue weighted by Gasteiger charge is -1.93. The number of allylic oxidation sites excluding steroid dienone is 2. The molecule has 0 fully saturated rings. The van der Waals surface area contributed by atoms with Crippen molar-refractivity contribution in [2.45, 2.75) is 13.3 Å². The van der Waals surface area contributed by atoms with Gasteiger partial charge < -0.3 is 0 Å². The highest BCUT2D eigenvalue weighted by Crippen LogP contribution is 2.17. The molecule has 0 saturated carbocycles. The van der Waals surface area contributed by atoms with Crippen molar-refractivity contribution in [1.82, 2.24) is 0 Å². The lowest BCUT2D eigenvalue weighted by molar-refractivity contribution is 1.31. The number of hydrogen-bond donors (Lipinski definition) is 0. The summed E-state index contributed by atoms with van der Waals surface area (Å²) in [6.45, 7) is 5.65. The van der Waals surface area contributed by atoms with Crippen molar-refractivity contribution >= 4 is 18.2 Å². The van der Waals surface area contributed by atoms with Gasteiger partial charge in [-0.25, -0.2) is 0 Å². The lowest BCUT2D eigenvalue weighted by atomic mass is 10.1. The van der Waals surface area contributed by atoms with E-state index in [-0.39, 0.29) is 0 Å². The highest BCUT2D eigenvalue weighted by molar-refractivity contribution is 5.59. The molecule has 3 aromatic rings. The fourth-order valence-electron chi connectivity index (χ4n) is 2.54. The molecule has 0 nitrogen and oxygen atoms in total. The van der Waals surface area contributed by atoms with Crippen molar-refractivity contribution in [2.24, 2.45) is 0 Å². The van der Waals surface area contributed by atoms with Crippen LogP contribution in [0.25, 0.3) is 18.2 Å². The molecule has 0 aromatic heterocycles. The Kier molecular flexibility index (Phi) is 8.45.